The van der Waals surface area contributed by atoms with Crippen LogP contribution in [0.1, 0.15) is 18.4 Å². The van der Waals surface area contributed by atoms with Crippen LogP contribution in [0.15, 0.2) is 36.4 Å². The maximum Gasteiger partial charge on any atom is 0.245 e. The highest BCUT2D eigenvalue weighted by Gasteiger charge is 2.34. The fourth-order valence-corrected chi connectivity index (χ4v) is 2.62. The Balaban J connectivity index is 1.88. The third-order valence-electron chi connectivity index (χ3n) is 3.41. The van der Waals surface area contributed by atoms with E-state index in [-0.39, 0.29) is 12.0 Å². The molecule has 1 aromatic rings. The van der Waals surface area contributed by atoms with Crippen molar-refractivity contribution < 1.29 is 9.53 Å². The van der Waals surface area contributed by atoms with Crippen LogP contribution < -0.4 is 10.6 Å². The summed E-state index contributed by atoms with van der Waals surface area (Å²) >= 11 is 17.8. The van der Waals surface area contributed by atoms with Gasteiger partial charge in [-0.1, -0.05) is 65.1 Å². The molecule has 4 nitrogen and oxygen atoms in total. The largest absolute Gasteiger partial charge is 0.377 e. The lowest BCUT2D eigenvalue weighted by Gasteiger charge is -2.27. The molecule has 1 heterocycles. The van der Waals surface area contributed by atoms with E-state index >= 15 is 0 Å². The van der Waals surface area contributed by atoms with Gasteiger partial charge in [0.15, 0.2) is 0 Å². The highest BCUT2D eigenvalue weighted by atomic mass is 35.6. The van der Waals surface area contributed by atoms with E-state index < -0.39 is 9.96 Å². The first-order valence-corrected chi connectivity index (χ1v) is 8.54. The van der Waals surface area contributed by atoms with E-state index in [2.05, 4.69) is 10.6 Å². The number of amides is 1. The highest BCUT2D eigenvalue weighted by molar-refractivity contribution is 6.68. The van der Waals surface area contributed by atoms with Crippen LogP contribution in [0.2, 0.25) is 0 Å². The Hall–Kier alpha value is -0.780. The lowest BCUT2D eigenvalue weighted by molar-refractivity contribution is -0.117. The molecule has 1 fully saturated rings. The van der Waals surface area contributed by atoms with Crippen LogP contribution in [0.4, 0.5) is 0 Å². The van der Waals surface area contributed by atoms with Gasteiger partial charge in [-0.15, -0.1) is 0 Å². The number of rotatable bonds is 6. The summed E-state index contributed by atoms with van der Waals surface area (Å²) in [7, 11) is 0. The van der Waals surface area contributed by atoms with Gasteiger partial charge in [0.1, 0.15) is 6.17 Å². The normalized spacial score (nSPS) is 19.9. The molecule has 2 N–H and O–H groups in total. The first-order valence-electron chi connectivity index (χ1n) is 7.40. The Kier molecular flexibility index (Phi) is 7.18. The minimum Gasteiger partial charge on any atom is -0.377 e. The van der Waals surface area contributed by atoms with Gasteiger partial charge in [0, 0.05) is 19.2 Å². The molecule has 2 atom stereocenters. The van der Waals surface area contributed by atoms with E-state index in [0.717, 1.165) is 25.0 Å². The van der Waals surface area contributed by atoms with Gasteiger partial charge in [0.2, 0.25) is 9.70 Å². The summed E-state index contributed by atoms with van der Waals surface area (Å²) in [4.78, 5) is 12.0. The second-order valence-electron chi connectivity index (χ2n) is 5.27. The molecule has 7 heteroatoms. The van der Waals surface area contributed by atoms with E-state index in [1.54, 1.807) is 6.08 Å². The Morgan fingerprint density at radius 3 is 2.70 bits per heavy atom. The SMILES string of the molecule is O=C(/C=C/c1ccccc1)N[C@H](NC[C@H]1CCCO1)C(Cl)(Cl)Cl. The molecular weight excluding hydrogens is 359 g/mol. The fraction of sp³-hybridized carbons (Fsp3) is 0.438. The average Bonchev–Trinajstić information content (AvgIpc) is 3.02. The maximum absolute atomic E-state index is 12.0. The van der Waals surface area contributed by atoms with Crippen LogP contribution in [0.25, 0.3) is 6.08 Å². The summed E-state index contributed by atoms with van der Waals surface area (Å²) in [5, 5.41) is 5.71. The molecule has 0 saturated carbocycles. The molecule has 0 radical (unpaired) electrons. The Labute approximate surface area is 151 Å². The molecule has 0 aliphatic carbocycles. The molecule has 1 aliphatic heterocycles. The lowest BCUT2D eigenvalue weighted by atomic mass is 10.2. The molecule has 0 spiro atoms. The van der Waals surface area contributed by atoms with Gasteiger partial charge in [-0.2, -0.15) is 0 Å². The minimum absolute atomic E-state index is 0.0848. The van der Waals surface area contributed by atoms with Crippen molar-refractivity contribution in [1.82, 2.24) is 10.6 Å². The number of benzene rings is 1. The van der Waals surface area contributed by atoms with Gasteiger partial charge in [-0.05, 0) is 24.5 Å². The number of carbonyl (C=O) groups excluding carboxylic acids is 1. The molecule has 0 aromatic heterocycles. The predicted molar refractivity (Wildman–Crippen MR) is 94.7 cm³/mol. The molecule has 2 rings (SSSR count). The van der Waals surface area contributed by atoms with Crippen LogP contribution in [0.5, 0.6) is 0 Å². The zero-order chi connectivity index (χ0) is 16.7. The van der Waals surface area contributed by atoms with E-state index in [1.165, 1.54) is 6.08 Å². The zero-order valence-corrected chi connectivity index (χ0v) is 14.7. The van der Waals surface area contributed by atoms with Gasteiger partial charge >= 0.3 is 0 Å². The topological polar surface area (TPSA) is 50.4 Å². The van der Waals surface area contributed by atoms with Crippen molar-refractivity contribution in [2.45, 2.75) is 28.9 Å². The second kappa shape index (κ2) is 8.90. The summed E-state index contributed by atoms with van der Waals surface area (Å²) in [6.45, 7) is 1.26. The highest BCUT2D eigenvalue weighted by Crippen LogP contribution is 2.29. The summed E-state index contributed by atoms with van der Waals surface area (Å²) in [6, 6.07) is 9.48. The Bertz CT molecular complexity index is 526. The number of halogens is 3. The average molecular weight is 378 g/mol. The molecule has 0 unspecified atom stereocenters. The van der Waals surface area contributed by atoms with Crippen LogP contribution in [0.3, 0.4) is 0 Å². The second-order valence-corrected chi connectivity index (χ2v) is 7.64. The number of carbonyl (C=O) groups is 1. The first-order chi connectivity index (χ1) is 10.9. The summed E-state index contributed by atoms with van der Waals surface area (Å²) in [6.07, 6.45) is 4.38. The van der Waals surface area contributed by atoms with Gasteiger partial charge in [0.25, 0.3) is 0 Å². The molecule has 0 bridgehead atoms. The molecule has 23 heavy (non-hydrogen) atoms. The Morgan fingerprint density at radius 1 is 1.35 bits per heavy atom. The molecule has 1 aliphatic rings. The standard InChI is InChI=1S/C16H19Cl3N2O2/c17-16(18,19)15(20-11-13-7-4-10-23-13)21-14(22)9-8-12-5-2-1-3-6-12/h1-3,5-6,8-9,13,15,20H,4,7,10-11H2,(H,21,22)/b9-8+/t13-,15+/m1/s1. The summed E-state index contributed by atoms with van der Waals surface area (Å²) in [5.74, 6) is -0.343. The Morgan fingerprint density at radius 2 is 2.09 bits per heavy atom. The number of alkyl halides is 3. The third kappa shape index (κ3) is 6.69. The van der Waals surface area contributed by atoms with Crippen molar-refractivity contribution in [1.29, 1.82) is 0 Å². The van der Waals surface area contributed by atoms with Gasteiger partial charge in [-0.3, -0.25) is 10.1 Å². The van der Waals surface area contributed by atoms with Crippen molar-refractivity contribution in [3.8, 4) is 0 Å². The molecule has 1 saturated heterocycles. The number of nitrogens with one attached hydrogen (secondary N) is 2. The maximum atomic E-state index is 12.0. The lowest BCUT2D eigenvalue weighted by Crippen LogP contribution is -2.54. The van der Waals surface area contributed by atoms with Crippen molar-refractivity contribution in [3.63, 3.8) is 0 Å². The van der Waals surface area contributed by atoms with Crippen LogP contribution in [-0.4, -0.2) is 35.1 Å². The molecule has 126 valence electrons. The van der Waals surface area contributed by atoms with Crippen LogP contribution in [-0.2, 0) is 9.53 Å². The van der Waals surface area contributed by atoms with Gasteiger partial charge < -0.3 is 10.1 Å². The quantitative estimate of drug-likeness (QED) is 0.454. The molecular formula is C16H19Cl3N2O2. The number of hydrogen-bond acceptors (Lipinski definition) is 3. The van der Waals surface area contributed by atoms with E-state index in [1.807, 2.05) is 30.3 Å². The number of hydrogen-bond donors (Lipinski definition) is 2. The smallest absolute Gasteiger partial charge is 0.245 e. The third-order valence-corrected chi connectivity index (χ3v) is 4.07. The van der Waals surface area contributed by atoms with Gasteiger partial charge in [0.05, 0.1) is 6.10 Å². The van der Waals surface area contributed by atoms with E-state index in [0.29, 0.717) is 6.54 Å². The van der Waals surface area contributed by atoms with E-state index in [4.69, 9.17) is 39.5 Å². The number of ether oxygens (including phenoxy) is 1. The van der Waals surface area contributed by atoms with Gasteiger partial charge in [-0.25, -0.2) is 0 Å². The van der Waals surface area contributed by atoms with Crippen molar-refractivity contribution in [3.05, 3.63) is 42.0 Å². The van der Waals surface area contributed by atoms with Crippen molar-refractivity contribution in [2.75, 3.05) is 13.2 Å². The van der Waals surface area contributed by atoms with Crippen LogP contribution >= 0.6 is 34.8 Å². The monoisotopic (exact) mass is 376 g/mol. The molecule has 1 aromatic carbocycles. The minimum atomic E-state index is -1.66. The fourth-order valence-electron chi connectivity index (χ4n) is 2.23. The molecule has 1 amide bonds. The first kappa shape index (κ1) is 18.6. The zero-order valence-electron chi connectivity index (χ0n) is 12.5. The predicted octanol–water partition coefficient (Wildman–Crippen LogP) is 3.28. The van der Waals surface area contributed by atoms with Crippen molar-refractivity contribution in [2.24, 2.45) is 0 Å². The van der Waals surface area contributed by atoms with E-state index in [9.17, 15) is 4.79 Å². The summed E-state index contributed by atoms with van der Waals surface area (Å²) < 4.78 is 3.85. The van der Waals surface area contributed by atoms with Crippen LogP contribution in [0, 0.1) is 0 Å². The van der Waals surface area contributed by atoms with Crippen molar-refractivity contribution >= 4 is 46.8 Å². The summed E-state index contributed by atoms with van der Waals surface area (Å²) in [5.41, 5.74) is 0.917.